The highest BCUT2D eigenvalue weighted by Gasteiger charge is 2.31. The number of amides is 2. The van der Waals surface area contributed by atoms with Crippen molar-refractivity contribution in [3.05, 3.63) is 63.9 Å². The highest BCUT2D eigenvalue weighted by Crippen LogP contribution is 2.32. The number of nitrogens with zero attached hydrogens (tertiary/aromatic N) is 4. The molecule has 41 heavy (non-hydrogen) atoms. The van der Waals surface area contributed by atoms with E-state index in [1.165, 1.54) is 12.1 Å². The molecule has 4 aromatic rings. The second kappa shape index (κ2) is 11.9. The van der Waals surface area contributed by atoms with E-state index in [1.807, 2.05) is 0 Å². The fourth-order valence-electron chi connectivity index (χ4n) is 3.96. The lowest BCUT2D eigenvalue weighted by Gasteiger charge is -2.15. The van der Waals surface area contributed by atoms with Gasteiger partial charge in [-0.1, -0.05) is 22.9 Å². The van der Waals surface area contributed by atoms with Crippen molar-refractivity contribution >= 4 is 45.9 Å². The Morgan fingerprint density at radius 2 is 1.90 bits per heavy atom. The summed E-state index contributed by atoms with van der Waals surface area (Å²) in [6.07, 6.45) is -0.180. The molecule has 1 N–H and O–H groups in total. The van der Waals surface area contributed by atoms with E-state index >= 15 is 0 Å². The van der Waals surface area contributed by atoms with Crippen molar-refractivity contribution in [3.8, 4) is 28.7 Å². The SMILES string of the molecule is CCOC(=O)c1nc(NC(=O)c2cc(Oc3ccc(-c4nnc(C)o4)cc3)cc(O[C@@H]3CCN(C)C3=O)c2)sc1Cl. The van der Waals surface area contributed by atoms with E-state index in [0.717, 1.165) is 11.3 Å². The lowest BCUT2D eigenvalue weighted by Crippen LogP contribution is -2.29. The van der Waals surface area contributed by atoms with Gasteiger partial charge in [-0.2, -0.15) is 0 Å². The maximum absolute atomic E-state index is 13.2. The second-order valence-corrected chi connectivity index (χ2v) is 10.5. The molecule has 1 aliphatic rings. The van der Waals surface area contributed by atoms with Gasteiger partial charge in [-0.05, 0) is 43.3 Å². The van der Waals surface area contributed by atoms with Crippen molar-refractivity contribution < 1.29 is 33.0 Å². The van der Waals surface area contributed by atoms with Gasteiger partial charge in [-0.25, -0.2) is 9.78 Å². The number of aryl methyl sites for hydroxylation is 1. The van der Waals surface area contributed by atoms with Crippen LogP contribution >= 0.6 is 22.9 Å². The molecule has 14 heteroatoms. The first-order chi connectivity index (χ1) is 19.7. The van der Waals surface area contributed by atoms with Gasteiger partial charge in [0, 0.05) is 44.1 Å². The van der Waals surface area contributed by atoms with Crippen LogP contribution in [-0.4, -0.2) is 64.2 Å². The van der Waals surface area contributed by atoms with Crippen molar-refractivity contribution in [1.82, 2.24) is 20.1 Å². The molecule has 0 bridgehead atoms. The Balaban J connectivity index is 1.39. The van der Waals surface area contributed by atoms with Crippen LogP contribution in [0.15, 0.2) is 46.9 Å². The number of likely N-dealkylation sites (N-methyl/N-ethyl adjacent to an activating group) is 1. The molecule has 1 atom stereocenters. The number of likely N-dealkylation sites (tertiary alicyclic amines) is 1. The summed E-state index contributed by atoms with van der Waals surface area (Å²) >= 11 is 7.05. The van der Waals surface area contributed by atoms with Gasteiger partial charge in [-0.3, -0.25) is 14.9 Å². The Kier molecular flexibility index (Phi) is 8.17. The number of aromatic nitrogens is 3. The number of rotatable bonds is 9. The number of benzene rings is 2. The van der Waals surface area contributed by atoms with E-state index in [-0.39, 0.29) is 44.7 Å². The first-order valence-corrected chi connectivity index (χ1v) is 13.7. The normalized spacial score (nSPS) is 14.7. The maximum atomic E-state index is 13.2. The summed E-state index contributed by atoms with van der Waals surface area (Å²) in [5, 5.41) is 10.6. The van der Waals surface area contributed by atoms with Gasteiger partial charge < -0.3 is 23.5 Å². The largest absolute Gasteiger partial charge is 0.480 e. The Morgan fingerprint density at radius 1 is 1.15 bits per heavy atom. The Labute approximate surface area is 243 Å². The average molecular weight is 598 g/mol. The number of nitrogens with one attached hydrogen (secondary N) is 1. The molecule has 3 heterocycles. The van der Waals surface area contributed by atoms with Crippen LogP contribution in [0.1, 0.15) is 40.1 Å². The van der Waals surface area contributed by atoms with Crippen LogP contribution in [0.5, 0.6) is 17.2 Å². The summed E-state index contributed by atoms with van der Waals surface area (Å²) < 4.78 is 22.5. The molecule has 2 aromatic heterocycles. The van der Waals surface area contributed by atoms with Crippen LogP contribution in [0.25, 0.3) is 11.5 Å². The summed E-state index contributed by atoms with van der Waals surface area (Å²) in [6.45, 7) is 4.08. The van der Waals surface area contributed by atoms with Gasteiger partial charge in [0.1, 0.15) is 21.6 Å². The first kappa shape index (κ1) is 28.1. The van der Waals surface area contributed by atoms with Gasteiger partial charge in [0.2, 0.25) is 11.8 Å². The van der Waals surface area contributed by atoms with E-state index in [4.69, 9.17) is 30.2 Å². The lowest BCUT2D eigenvalue weighted by atomic mass is 10.1. The number of esters is 1. The molecular formula is C27H24ClN5O7S. The van der Waals surface area contributed by atoms with Crippen molar-refractivity contribution in [2.45, 2.75) is 26.4 Å². The van der Waals surface area contributed by atoms with Gasteiger partial charge in [0.25, 0.3) is 11.8 Å². The Bertz CT molecular complexity index is 1600. The Morgan fingerprint density at radius 3 is 2.56 bits per heavy atom. The van der Waals surface area contributed by atoms with E-state index in [2.05, 4.69) is 20.5 Å². The molecule has 5 rings (SSSR count). The minimum Gasteiger partial charge on any atom is -0.480 e. The molecule has 0 saturated carbocycles. The second-order valence-electron chi connectivity index (χ2n) is 8.92. The molecule has 0 radical (unpaired) electrons. The van der Waals surface area contributed by atoms with Crippen molar-refractivity contribution in [3.63, 3.8) is 0 Å². The first-order valence-electron chi connectivity index (χ1n) is 12.5. The zero-order valence-electron chi connectivity index (χ0n) is 22.2. The van der Waals surface area contributed by atoms with Gasteiger partial charge >= 0.3 is 5.97 Å². The Hall–Kier alpha value is -4.49. The fraction of sp³-hybridized carbons (Fsp3) is 0.259. The molecule has 0 unspecified atom stereocenters. The van der Waals surface area contributed by atoms with Crippen molar-refractivity contribution in [2.24, 2.45) is 0 Å². The average Bonchev–Trinajstić information content (AvgIpc) is 3.64. The maximum Gasteiger partial charge on any atom is 0.359 e. The van der Waals surface area contributed by atoms with Crippen LogP contribution in [-0.2, 0) is 9.53 Å². The van der Waals surface area contributed by atoms with Gasteiger partial charge in [-0.15, -0.1) is 10.2 Å². The van der Waals surface area contributed by atoms with Crippen LogP contribution in [0.3, 0.4) is 0 Å². The third-order valence-electron chi connectivity index (χ3n) is 5.94. The summed E-state index contributed by atoms with van der Waals surface area (Å²) in [5.74, 6) is 0.454. The molecule has 0 aliphatic carbocycles. The molecular weight excluding hydrogens is 574 g/mol. The molecule has 2 aromatic carbocycles. The number of anilines is 1. The number of thiazole rings is 1. The topological polar surface area (TPSA) is 146 Å². The van der Waals surface area contributed by atoms with E-state index in [0.29, 0.717) is 36.1 Å². The molecule has 1 saturated heterocycles. The van der Waals surface area contributed by atoms with Crippen LogP contribution in [0.2, 0.25) is 4.34 Å². The number of carbonyl (C=O) groups is 3. The van der Waals surface area contributed by atoms with E-state index in [9.17, 15) is 14.4 Å². The zero-order valence-corrected chi connectivity index (χ0v) is 23.7. The summed E-state index contributed by atoms with van der Waals surface area (Å²) in [4.78, 5) is 43.4. The predicted octanol–water partition coefficient (Wildman–Crippen LogP) is 4.99. The van der Waals surface area contributed by atoms with Crippen LogP contribution in [0.4, 0.5) is 5.13 Å². The van der Waals surface area contributed by atoms with E-state index in [1.54, 1.807) is 56.1 Å². The smallest absolute Gasteiger partial charge is 0.359 e. The molecule has 212 valence electrons. The number of halogens is 1. The number of ether oxygens (including phenoxy) is 3. The molecule has 0 spiro atoms. The van der Waals surface area contributed by atoms with E-state index < -0.39 is 18.0 Å². The molecule has 2 amide bonds. The molecule has 1 aliphatic heterocycles. The number of hydrogen-bond acceptors (Lipinski definition) is 11. The number of carbonyl (C=O) groups excluding carboxylic acids is 3. The number of hydrogen-bond donors (Lipinski definition) is 1. The van der Waals surface area contributed by atoms with Crippen molar-refractivity contribution in [1.29, 1.82) is 0 Å². The lowest BCUT2D eigenvalue weighted by molar-refractivity contribution is -0.132. The highest BCUT2D eigenvalue weighted by molar-refractivity contribution is 7.20. The van der Waals surface area contributed by atoms with Crippen LogP contribution < -0.4 is 14.8 Å². The zero-order chi connectivity index (χ0) is 29.1. The fourth-order valence-corrected chi connectivity index (χ4v) is 4.97. The highest BCUT2D eigenvalue weighted by atomic mass is 35.5. The summed E-state index contributed by atoms with van der Waals surface area (Å²) in [7, 11) is 1.70. The van der Waals surface area contributed by atoms with Gasteiger partial charge in [0.15, 0.2) is 16.9 Å². The quantitative estimate of drug-likeness (QED) is 0.262. The molecule has 12 nitrogen and oxygen atoms in total. The minimum absolute atomic E-state index is 0.0853. The summed E-state index contributed by atoms with van der Waals surface area (Å²) in [5.41, 5.74) is 0.791. The van der Waals surface area contributed by atoms with Crippen molar-refractivity contribution in [2.75, 3.05) is 25.5 Å². The van der Waals surface area contributed by atoms with Gasteiger partial charge in [0.05, 0.1) is 6.61 Å². The predicted molar refractivity (Wildman–Crippen MR) is 149 cm³/mol. The monoisotopic (exact) mass is 597 g/mol. The third kappa shape index (κ3) is 6.47. The minimum atomic E-state index is -0.688. The third-order valence-corrected chi connectivity index (χ3v) is 7.11. The summed E-state index contributed by atoms with van der Waals surface area (Å²) in [6, 6.07) is 11.6. The standard InChI is InChI=1S/C27H24ClN5O7S/c1-4-37-26(36)21-22(28)41-27(29-21)30-23(34)16-11-18(13-19(12-16)40-20-9-10-33(3)25(20)35)39-17-7-5-15(6-8-17)24-32-31-14(2)38-24/h5-8,11-13,20H,4,9-10H2,1-3H3,(H,29,30,34)/t20-/m1/s1. The molecule has 1 fully saturated rings. The van der Waals surface area contributed by atoms with Crippen LogP contribution in [0, 0.1) is 6.92 Å².